The van der Waals surface area contributed by atoms with E-state index in [1.165, 1.54) is 11.3 Å². The van der Waals surface area contributed by atoms with Crippen LogP contribution in [0.3, 0.4) is 0 Å². The lowest BCUT2D eigenvalue weighted by atomic mass is 10.1. The number of thiazole rings is 1. The van der Waals surface area contributed by atoms with Gasteiger partial charge < -0.3 is 10.0 Å². The second-order valence-electron chi connectivity index (χ2n) is 5.36. The molecule has 1 aliphatic heterocycles. The maximum absolute atomic E-state index is 12.4. The highest BCUT2D eigenvalue weighted by atomic mass is 35.5. The summed E-state index contributed by atoms with van der Waals surface area (Å²) in [6.45, 7) is 0.765. The second kappa shape index (κ2) is 9.01. The average Bonchev–Trinajstić information content (AvgIpc) is 3.17. The summed E-state index contributed by atoms with van der Waals surface area (Å²) in [5, 5.41) is 11.7. The molecular formula is C16H18Cl2N2O3S. The van der Waals surface area contributed by atoms with Crippen molar-refractivity contribution in [2.45, 2.75) is 12.8 Å². The van der Waals surface area contributed by atoms with Gasteiger partial charge in [0.25, 0.3) is 5.91 Å². The van der Waals surface area contributed by atoms with Crippen LogP contribution in [0.5, 0.6) is 0 Å². The fraction of sp³-hybridized carbons (Fsp3) is 0.312. The van der Waals surface area contributed by atoms with Gasteiger partial charge in [-0.05, 0) is 12.0 Å². The third-order valence-electron chi connectivity index (χ3n) is 3.79. The normalized spacial score (nSPS) is 16.2. The number of nitrogens with zero attached hydrogens (tertiary/aromatic N) is 2. The Bertz CT molecular complexity index is 694. The molecular weight excluding hydrogens is 371 g/mol. The SMILES string of the molecule is Cl.Cl.O=C(O)C1CCN(C(=O)c2csc(Cc3ccccc3)n2)C1. The molecule has 1 fully saturated rings. The lowest BCUT2D eigenvalue weighted by Crippen LogP contribution is -2.30. The Balaban J connectivity index is 0.00000144. The summed E-state index contributed by atoms with van der Waals surface area (Å²) in [6, 6.07) is 9.98. The van der Waals surface area contributed by atoms with Crippen LogP contribution in [-0.4, -0.2) is 40.0 Å². The van der Waals surface area contributed by atoms with Crippen LogP contribution in [0.1, 0.15) is 27.5 Å². The number of hydrogen-bond acceptors (Lipinski definition) is 4. The van der Waals surface area contributed by atoms with Crippen molar-refractivity contribution < 1.29 is 14.7 Å². The van der Waals surface area contributed by atoms with Gasteiger partial charge in [0, 0.05) is 24.9 Å². The molecule has 8 heteroatoms. The van der Waals surface area contributed by atoms with Crippen molar-refractivity contribution in [1.82, 2.24) is 9.88 Å². The first-order valence-electron chi connectivity index (χ1n) is 7.14. The van der Waals surface area contributed by atoms with Crippen LogP contribution in [0.25, 0.3) is 0 Å². The smallest absolute Gasteiger partial charge is 0.308 e. The van der Waals surface area contributed by atoms with E-state index in [9.17, 15) is 9.59 Å². The zero-order valence-corrected chi connectivity index (χ0v) is 15.2. The summed E-state index contributed by atoms with van der Waals surface area (Å²) in [4.78, 5) is 29.3. The highest BCUT2D eigenvalue weighted by Crippen LogP contribution is 2.21. The highest BCUT2D eigenvalue weighted by molar-refractivity contribution is 7.09. The van der Waals surface area contributed by atoms with E-state index >= 15 is 0 Å². The van der Waals surface area contributed by atoms with E-state index in [4.69, 9.17) is 5.11 Å². The molecule has 0 saturated carbocycles. The second-order valence-corrected chi connectivity index (χ2v) is 6.31. The quantitative estimate of drug-likeness (QED) is 0.872. The number of carbonyl (C=O) groups is 2. The lowest BCUT2D eigenvalue weighted by Gasteiger charge is -2.13. The molecule has 1 aromatic heterocycles. The standard InChI is InChI=1S/C16H16N2O3S.2ClH/c19-15(18-7-6-12(9-18)16(20)21)13-10-22-14(17-13)8-11-4-2-1-3-5-11;;/h1-5,10,12H,6-9H2,(H,20,21);2*1H. The zero-order chi connectivity index (χ0) is 15.5. The van der Waals surface area contributed by atoms with Gasteiger partial charge in [-0.1, -0.05) is 30.3 Å². The van der Waals surface area contributed by atoms with E-state index in [1.807, 2.05) is 30.3 Å². The predicted octanol–water partition coefficient (Wildman–Crippen LogP) is 3.12. The van der Waals surface area contributed by atoms with Crippen LogP contribution in [0.15, 0.2) is 35.7 Å². The Labute approximate surface area is 156 Å². The number of aromatic nitrogens is 1. The molecule has 1 N–H and O–H groups in total. The van der Waals surface area contributed by atoms with Crippen LogP contribution in [0.2, 0.25) is 0 Å². The van der Waals surface area contributed by atoms with Crippen molar-refractivity contribution in [3.8, 4) is 0 Å². The van der Waals surface area contributed by atoms with E-state index in [1.54, 1.807) is 10.3 Å². The van der Waals surface area contributed by atoms with E-state index in [-0.39, 0.29) is 37.3 Å². The summed E-state index contributed by atoms with van der Waals surface area (Å²) < 4.78 is 0. The van der Waals surface area contributed by atoms with Crippen molar-refractivity contribution in [1.29, 1.82) is 0 Å². The van der Waals surface area contributed by atoms with Gasteiger partial charge in [0.2, 0.25) is 0 Å². The Kier molecular flexibility index (Phi) is 7.66. The number of hydrogen-bond donors (Lipinski definition) is 1. The summed E-state index contributed by atoms with van der Waals surface area (Å²) in [5.41, 5.74) is 1.57. The molecule has 3 rings (SSSR count). The topological polar surface area (TPSA) is 70.5 Å². The lowest BCUT2D eigenvalue weighted by molar-refractivity contribution is -0.141. The molecule has 0 aliphatic carbocycles. The van der Waals surface area contributed by atoms with Gasteiger partial charge in [0.15, 0.2) is 0 Å². The van der Waals surface area contributed by atoms with Crippen LogP contribution >= 0.6 is 36.2 Å². The summed E-state index contributed by atoms with van der Waals surface area (Å²) in [5.74, 6) is -1.45. The summed E-state index contributed by atoms with van der Waals surface area (Å²) >= 11 is 1.46. The molecule has 1 saturated heterocycles. The molecule has 1 aliphatic rings. The highest BCUT2D eigenvalue weighted by Gasteiger charge is 2.32. The number of carboxylic acid groups (broad SMARTS) is 1. The minimum atomic E-state index is -0.835. The van der Waals surface area contributed by atoms with Crippen LogP contribution in [0, 0.1) is 5.92 Å². The number of amides is 1. The monoisotopic (exact) mass is 388 g/mol. The Morgan fingerprint density at radius 3 is 2.58 bits per heavy atom. The first kappa shape index (κ1) is 20.4. The number of likely N-dealkylation sites (tertiary alicyclic amines) is 1. The predicted molar refractivity (Wildman–Crippen MR) is 97.5 cm³/mol. The zero-order valence-electron chi connectivity index (χ0n) is 12.8. The number of benzene rings is 1. The van der Waals surface area contributed by atoms with Gasteiger partial charge in [0.1, 0.15) is 5.69 Å². The number of halogens is 2. The summed E-state index contributed by atoms with van der Waals surface area (Å²) in [6.07, 6.45) is 1.22. The van der Waals surface area contributed by atoms with Gasteiger partial charge in [-0.25, -0.2) is 4.98 Å². The fourth-order valence-electron chi connectivity index (χ4n) is 2.57. The Hall–Kier alpha value is -1.63. The molecule has 1 amide bonds. The molecule has 1 aromatic carbocycles. The average molecular weight is 389 g/mol. The molecule has 5 nitrogen and oxygen atoms in total. The molecule has 24 heavy (non-hydrogen) atoms. The van der Waals surface area contributed by atoms with Crippen molar-refractivity contribution in [3.05, 3.63) is 52.0 Å². The third kappa shape index (κ3) is 4.69. The maximum Gasteiger partial charge on any atom is 0.308 e. The van der Waals surface area contributed by atoms with Gasteiger partial charge in [-0.2, -0.15) is 0 Å². The van der Waals surface area contributed by atoms with E-state index in [0.717, 1.165) is 10.6 Å². The van der Waals surface area contributed by atoms with Crippen LogP contribution in [0.4, 0.5) is 0 Å². The molecule has 2 heterocycles. The molecule has 2 aromatic rings. The van der Waals surface area contributed by atoms with Crippen molar-refractivity contribution in [2.75, 3.05) is 13.1 Å². The Morgan fingerprint density at radius 1 is 1.25 bits per heavy atom. The molecule has 0 bridgehead atoms. The van der Waals surface area contributed by atoms with Gasteiger partial charge >= 0.3 is 5.97 Å². The maximum atomic E-state index is 12.4. The Morgan fingerprint density at radius 2 is 1.96 bits per heavy atom. The van der Waals surface area contributed by atoms with E-state index < -0.39 is 11.9 Å². The summed E-state index contributed by atoms with van der Waals surface area (Å²) in [7, 11) is 0. The molecule has 1 atom stereocenters. The van der Waals surface area contributed by atoms with E-state index in [2.05, 4.69) is 4.98 Å². The molecule has 0 spiro atoms. The fourth-order valence-corrected chi connectivity index (χ4v) is 3.37. The largest absolute Gasteiger partial charge is 0.481 e. The first-order chi connectivity index (χ1) is 10.6. The van der Waals surface area contributed by atoms with Crippen LogP contribution in [-0.2, 0) is 11.2 Å². The van der Waals surface area contributed by atoms with Crippen molar-refractivity contribution in [2.24, 2.45) is 5.92 Å². The van der Waals surface area contributed by atoms with Crippen molar-refractivity contribution in [3.63, 3.8) is 0 Å². The molecule has 1 unspecified atom stereocenters. The van der Waals surface area contributed by atoms with Crippen molar-refractivity contribution >= 4 is 48.0 Å². The number of aliphatic carboxylic acids is 1. The molecule has 0 radical (unpaired) electrons. The minimum absolute atomic E-state index is 0. The minimum Gasteiger partial charge on any atom is -0.481 e. The van der Waals surface area contributed by atoms with Crippen LogP contribution < -0.4 is 0 Å². The number of carboxylic acids is 1. The number of carbonyl (C=O) groups excluding carboxylic acids is 1. The van der Waals surface area contributed by atoms with Gasteiger partial charge in [0.05, 0.1) is 10.9 Å². The third-order valence-corrected chi connectivity index (χ3v) is 4.64. The first-order valence-corrected chi connectivity index (χ1v) is 8.02. The molecule has 130 valence electrons. The van der Waals surface area contributed by atoms with Gasteiger partial charge in [-0.15, -0.1) is 36.2 Å². The number of rotatable bonds is 4. The van der Waals surface area contributed by atoms with Gasteiger partial charge in [-0.3, -0.25) is 9.59 Å². The van der Waals surface area contributed by atoms with E-state index in [0.29, 0.717) is 25.1 Å².